The quantitative estimate of drug-likeness (QED) is 0.730. The standard InChI is InChI=1S/C13H28N2O/c1-6-14(7-2)10-12-11-15(8-9-16-12)13(3,4)5/h12H,6-11H2,1-5H3. The van der Waals surface area contributed by atoms with Crippen LogP contribution in [-0.4, -0.2) is 60.8 Å². The Bertz CT molecular complexity index is 197. The van der Waals surface area contributed by atoms with Crippen LogP contribution in [0.25, 0.3) is 0 Å². The van der Waals surface area contributed by atoms with Gasteiger partial charge < -0.3 is 9.64 Å². The maximum Gasteiger partial charge on any atom is 0.0829 e. The summed E-state index contributed by atoms with van der Waals surface area (Å²) in [6.07, 6.45) is 0.382. The van der Waals surface area contributed by atoms with Gasteiger partial charge in [-0.15, -0.1) is 0 Å². The molecule has 0 aliphatic carbocycles. The van der Waals surface area contributed by atoms with E-state index in [1.165, 1.54) is 0 Å². The Balaban J connectivity index is 2.44. The fourth-order valence-electron chi connectivity index (χ4n) is 2.21. The second kappa shape index (κ2) is 5.99. The van der Waals surface area contributed by atoms with Gasteiger partial charge in [-0.25, -0.2) is 0 Å². The van der Waals surface area contributed by atoms with Crippen LogP contribution < -0.4 is 0 Å². The third-order valence-corrected chi connectivity index (χ3v) is 3.44. The highest BCUT2D eigenvalue weighted by Gasteiger charge is 2.28. The summed E-state index contributed by atoms with van der Waals surface area (Å²) in [6.45, 7) is 17.6. The predicted molar refractivity (Wildman–Crippen MR) is 68.9 cm³/mol. The van der Waals surface area contributed by atoms with Gasteiger partial charge in [0.2, 0.25) is 0 Å². The molecule has 3 nitrogen and oxygen atoms in total. The van der Waals surface area contributed by atoms with Gasteiger partial charge in [-0.3, -0.25) is 4.90 Å². The van der Waals surface area contributed by atoms with Crippen LogP contribution in [0.2, 0.25) is 0 Å². The molecular weight excluding hydrogens is 200 g/mol. The lowest BCUT2D eigenvalue weighted by Crippen LogP contribution is -2.53. The van der Waals surface area contributed by atoms with Crippen LogP contribution in [0, 0.1) is 0 Å². The van der Waals surface area contributed by atoms with E-state index in [1.807, 2.05) is 0 Å². The minimum atomic E-state index is 0.269. The number of likely N-dealkylation sites (N-methyl/N-ethyl adjacent to an activating group) is 1. The van der Waals surface area contributed by atoms with Gasteiger partial charge in [0.15, 0.2) is 0 Å². The first-order chi connectivity index (χ1) is 7.47. The van der Waals surface area contributed by atoms with Gasteiger partial charge in [-0.2, -0.15) is 0 Å². The fraction of sp³-hybridized carbons (Fsp3) is 1.00. The molecule has 3 heteroatoms. The summed E-state index contributed by atoms with van der Waals surface area (Å²) < 4.78 is 5.85. The molecule has 1 aliphatic heterocycles. The Morgan fingerprint density at radius 1 is 1.25 bits per heavy atom. The average Bonchev–Trinajstić information content (AvgIpc) is 2.25. The van der Waals surface area contributed by atoms with Crippen LogP contribution in [0.4, 0.5) is 0 Å². The molecule has 16 heavy (non-hydrogen) atoms. The topological polar surface area (TPSA) is 15.7 Å². The summed E-state index contributed by atoms with van der Waals surface area (Å²) in [5.74, 6) is 0. The number of hydrogen-bond acceptors (Lipinski definition) is 3. The zero-order valence-electron chi connectivity index (χ0n) is 11.6. The Kier molecular flexibility index (Phi) is 5.22. The molecule has 0 saturated carbocycles. The lowest BCUT2D eigenvalue weighted by atomic mass is 10.0. The smallest absolute Gasteiger partial charge is 0.0829 e. The molecule has 0 N–H and O–H groups in total. The van der Waals surface area contributed by atoms with E-state index in [0.29, 0.717) is 6.10 Å². The normalized spacial score (nSPS) is 24.0. The number of rotatable bonds is 4. The van der Waals surface area contributed by atoms with Crippen molar-refractivity contribution in [1.29, 1.82) is 0 Å². The summed E-state index contributed by atoms with van der Waals surface area (Å²) in [4.78, 5) is 4.97. The van der Waals surface area contributed by atoms with Gasteiger partial charge in [0.25, 0.3) is 0 Å². The molecule has 1 rings (SSSR count). The van der Waals surface area contributed by atoms with Crippen molar-refractivity contribution >= 4 is 0 Å². The molecule has 1 heterocycles. The Hall–Kier alpha value is -0.120. The van der Waals surface area contributed by atoms with Crippen molar-refractivity contribution in [3.05, 3.63) is 0 Å². The molecule has 0 aromatic rings. The van der Waals surface area contributed by atoms with E-state index in [9.17, 15) is 0 Å². The summed E-state index contributed by atoms with van der Waals surface area (Å²) >= 11 is 0. The van der Waals surface area contributed by atoms with Crippen LogP contribution in [0.1, 0.15) is 34.6 Å². The maximum atomic E-state index is 5.85. The van der Waals surface area contributed by atoms with Crippen molar-refractivity contribution in [2.45, 2.75) is 46.3 Å². The van der Waals surface area contributed by atoms with Crippen LogP contribution in [-0.2, 0) is 4.74 Å². The van der Waals surface area contributed by atoms with Crippen molar-refractivity contribution in [3.8, 4) is 0 Å². The summed E-state index contributed by atoms with van der Waals surface area (Å²) in [5.41, 5.74) is 0.269. The van der Waals surface area contributed by atoms with E-state index in [0.717, 1.165) is 39.3 Å². The van der Waals surface area contributed by atoms with Crippen LogP contribution in [0.3, 0.4) is 0 Å². The van der Waals surface area contributed by atoms with Crippen LogP contribution in [0.15, 0.2) is 0 Å². The van der Waals surface area contributed by atoms with Gasteiger partial charge in [0, 0.05) is 25.2 Å². The Labute approximate surface area is 101 Å². The van der Waals surface area contributed by atoms with Crippen LogP contribution in [0.5, 0.6) is 0 Å². The first-order valence-corrected chi connectivity index (χ1v) is 6.56. The zero-order valence-corrected chi connectivity index (χ0v) is 11.6. The SMILES string of the molecule is CCN(CC)CC1CN(C(C)(C)C)CCO1. The molecule has 1 fully saturated rings. The first kappa shape index (κ1) is 13.9. The highest BCUT2D eigenvalue weighted by molar-refractivity contribution is 4.83. The van der Waals surface area contributed by atoms with Crippen molar-refractivity contribution in [1.82, 2.24) is 9.80 Å². The van der Waals surface area contributed by atoms with Crippen molar-refractivity contribution in [2.75, 3.05) is 39.3 Å². The fourth-order valence-corrected chi connectivity index (χ4v) is 2.21. The largest absolute Gasteiger partial charge is 0.374 e. The molecule has 1 aliphatic rings. The Morgan fingerprint density at radius 3 is 2.38 bits per heavy atom. The molecule has 1 saturated heterocycles. The second-order valence-corrected chi connectivity index (χ2v) is 5.60. The molecule has 0 bridgehead atoms. The first-order valence-electron chi connectivity index (χ1n) is 6.56. The number of hydrogen-bond donors (Lipinski definition) is 0. The molecule has 0 spiro atoms. The van der Waals surface area contributed by atoms with E-state index in [2.05, 4.69) is 44.4 Å². The minimum absolute atomic E-state index is 0.269. The van der Waals surface area contributed by atoms with E-state index >= 15 is 0 Å². The summed E-state index contributed by atoms with van der Waals surface area (Å²) in [6, 6.07) is 0. The maximum absolute atomic E-state index is 5.85. The van der Waals surface area contributed by atoms with Gasteiger partial charge in [-0.05, 0) is 33.9 Å². The number of nitrogens with zero attached hydrogens (tertiary/aromatic N) is 2. The Morgan fingerprint density at radius 2 is 1.88 bits per heavy atom. The zero-order chi connectivity index (χ0) is 12.2. The number of ether oxygens (including phenoxy) is 1. The molecule has 0 aromatic heterocycles. The summed E-state index contributed by atoms with van der Waals surface area (Å²) in [5, 5.41) is 0. The molecular formula is C13H28N2O. The minimum Gasteiger partial charge on any atom is -0.374 e. The molecule has 0 aromatic carbocycles. The summed E-state index contributed by atoms with van der Waals surface area (Å²) in [7, 11) is 0. The monoisotopic (exact) mass is 228 g/mol. The van der Waals surface area contributed by atoms with Crippen LogP contribution >= 0.6 is 0 Å². The lowest BCUT2D eigenvalue weighted by molar-refractivity contribution is -0.0682. The van der Waals surface area contributed by atoms with Gasteiger partial charge in [0.05, 0.1) is 12.7 Å². The number of morpholine rings is 1. The predicted octanol–water partition coefficient (Wildman–Crippen LogP) is 1.83. The molecule has 1 atom stereocenters. The van der Waals surface area contributed by atoms with E-state index in [4.69, 9.17) is 4.74 Å². The third kappa shape index (κ3) is 4.04. The van der Waals surface area contributed by atoms with Crippen molar-refractivity contribution in [3.63, 3.8) is 0 Å². The molecule has 96 valence electrons. The molecule has 0 radical (unpaired) electrons. The third-order valence-electron chi connectivity index (χ3n) is 3.44. The second-order valence-electron chi connectivity index (χ2n) is 5.60. The highest BCUT2D eigenvalue weighted by Crippen LogP contribution is 2.17. The van der Waals surface area contributed by atoms with Crippen molar-refractivity contribution < 1.29 is 4.74 Å². The van der Waals surface area contributed by atoms with Crippen molar-refractivity contribution in [2.24, 2.45) is 0 Å². The molecule has 0 amide bonds. The van der Waals surface area contributed by atoms with E-state index < -0.39 is 0 Å². The van der Waals surface area contributed by atoms with Gasteiger partial charge in [0.1, 0.15) is 0 Å². The lowest BCUT2D eigenvalue weighted by Gasteiger charge is -2.42. The van der Waals surface area contributed by atoms with Gasteiger partial charge in [-0.1, -0.05) is 13.8 Å². The average molecular weight is 228 g/mol. The van der Waals surface area contributed by atoms with E-state index in [1.54, 1.807) is 0 Å². The molecule has 1 unspecified atom stereocenters. The van der Waals surface area contributed by atoms with E-state index in [-0.39, 0.29) is 5.54 Å². The van der Waals surface area contributed by atoms with Gasteiger partial charge >= 0.3 is 0 Å². The highest BCUT2D eigenvalue weighted by atomic mass is 16.5.